The molecule has 2 aromatic carbocycles. The predicted molar refractivity (Wildman–Crippen MR) is 86.4 cm³/mol. The average molecular weight is 394 g/mol. The van der Waals surface area contributed by atoms with E-state index in [9.17, 15) is 4.39 Å². The van der Waals surface area contributed by atoms with Gasteiger partial charge in [0.25, 0.3) is 0 Å². The molecular formula is C15H12BrCl2FO2. The fourth-order valence-electron chi connectivity index (χ4n) is 1.99. The van der Waals surface area contributed by atoms with Gasteiger partial charge in [-0.1, -0.05) is 17.7 Å². The number of hydrogen-bond donors (Lipinski definition) is 0. The molecule has 21 heavy (non-hydrogen) atoms. The Hall–Kier alpha value is -0.970. The van der Waals surface area contributed by atoms with Crippen LogP contribution in [0.5, 0.6) is 11.5 Å². The van der Waals surface area contributed by atoms with Crippen LogP contribution in [0.2, 0.25) is 5.02 Å². The third-order valence-electron chi connectivity index (χ3n) is 3.02. The summed E-state index contributed by atoms with van der Waals surface area (Å²) in [5.41, 5.74) is 1.32. The van der Waals surface area contributed by atoms with Gasteiger partial charge in [0.2, 0.25) is 0 Å². The number of hydrogen-bond acceptors (Lipinski definition) is 2. The maximum absolute atomic E-state index is 13.1. The molecule has 2 aromatic rings. The third-order valence-corrected chi connectivity index (χ3v) is 4.57. The zero-order chi connectivity index (χ0) is 15.6. The molecular weight excluding hydrogens is 382 g/mol. The number of halogens is 4. The van der Waals surface area contributed by atoms with Crippen molar-refractivity contribution < 1.29 is 13.9 Å². The van der Waals surface area contributed by atoms with Crippen LogP contribution < -0.4 is 9.47 Å². The first kappa shape index (κ1) is 16.4. The van der Waals surface area contributed by atoms with E-state index in [0.29, 0.717) is 27.1 Å². The zero-order valence-corrected chi connectivity index (χ0v) is 14.4. The lowest BCUT2D eigenvalue weighted by molar-refractivity contribution is 0.386. The van der Waals surface area contributed by atoms with Crippen molar-refractivity contribution in [2.75, 3.05) is 14.2 Å². The maximum atomic E-state index is 13.1. The van der Waals surface area contributed by atoms with Crippen LogP contribution in [0.3, 0.4) is 0 Å². The topological polar surface area (TPSA) is 18.5 Å². The summed E-state index contributed by atoms with van der Waals surface area (Å²) in [7, 11) is 3.10. The highest BCUT2D eigenvalue weighted by molar-refractivity contribution is 9.10. The van der Waals surface area contributed by atoms with Gasteiger partial charge >= 0.3 is 0 Å². The number of benzene rings is 2. The minimum Gasteiger partial charge on any atom is -0.495 e. The number of methoxy groups -OCH3 is 2. The van der Waals surface area contributed by atoms with E-state index in [4.69, 9.17) is 32.7 Å². The lowest BCUT2D eigenvalue weighted by Crippen LogP contribution is -2.00. The van der Waals surface area contributed by atoms with Crippen LogP contribution in [-0.2, 0) is 0 Å². The standard InChI is InChI=1S/C15H12BrCl2FO2/c1-20-12-6-5-10(15(21-2)13(12)16)14(18)9-4-3-8(19)7-11(9)17/h3-7,14H,1-2H3. The third kappa shape index (κ3) is 3.28. The molecule has 0 fully saturated rings. The Kier molecular flexibility index (Phi) is 5.36. The van der Waals surface area contributed by atoms with E-state index >= 15 is 0 Å². The summed E-state index contributed by atoms with van der Waals surface area (Å²) in [6.07, 6.45) is 0. The van der Waals surface area contributed by atoms with E-state index in [0.717, 1.165) is 0 Å². The molecule has 6 heteroatoms. The van der Waals surface area contributed by atoms with Crippen molar-refractivity contribution >= 4 is 39.1 Å². The molecule has 1 unspecified atom stereocenters. The van der Waals surface area contributed by atoms with E-state index in [-0.39, 0.29) is 5.02 Å². The molecule has 0 heterocycles. The summed E-state index contributed by atoms with van der Waals surface area (Å²) >= 11 is 16.0. The lowest BCUT2D eigenvalue weighted by atomic mass is 10.0. The minimum absolute atomic E-state index is 0.268. The van der Waals surface area contributed by atoms with E-state index < -0.39 is 11.2 Å². The van der Waals surface area contributed by atoms with Crippen molar-refractivity contribution in [1.29, 1.82) is 0 Å². The molecule has 0 N–H and O–H groups in total. The molecule has 0 aliphatic rings. The van der Waals surface area contributed by atoms with Gasteiger partial charge in [-0.05, 0) is 45.8 Å². The van der Waals surface area contributed by atoms with Gasteiger partial charge in [0, 0.05) is 10.6 Å². The highest BCUT2D eigenvalue weighted by Crippen LogP contribution is 2.44. The Bertz CT molecular complexity index is 664. The Morgan fingerprint density at radius 1 is 1.10 bits per heavy atom. The highest BCUT2D eigenvalue weighted by atomic mass is 79.9. The van der Waals surface area contributed by atoms with Gasteiger partial charge in [-0.25, -0.2) is 4.39 Å². The average Bonchev–Trinajstić information content (AvgIpc) is 2.46. The number of alkyl halides is 1. The summed E-state index contributed by atoms with van der Waals surface area (Å²) in [5.74, 6) is 0.773. The predicted octanol–water partition coefficient (Wildman–Crippen LogP) is 5.59. The molecule has 0 aromatic heterocycles. The quantitative estimate of drug-likeness (QED) is 0.630. The van der Waals surface area contributed by atoms with E-state index in [1.54, 1.807) is 32.4 Å². The second kappa shape index (κ2) is 6.86. The molecule has 0 saturated heterocycles. The zero-order valence-electron chi connectivity index (χ0n) is 11.3. The van der Waals surface area contributed by atoms with Crippen LogP contribution in [0.1, 0.15) is 16.5 Å². The van der Waals surface area contributed by atoms with Gasteiger partial charge in [0.05, 0.1) is 19.6 Å². The highest BCUT2D eigenvalue weighted by Gasteiger charge is 2.22. The SMILES string of the molecule is COc1ccc(C(Cl)c2ccc(F)cc2Cl)c(OC)c1Br. The molecule has 0 spiro atoms. The first-order valence-corrected chi connectivity index (χ1v) is 7.59. The van der Waals surface area contributed by atoms with Gasteiger partial charge in [0.1, 0.15) is 21.8 Å². The molecule has 1 atom stereocenters. The largest absolute Gasteiger partial charge is 0.495 e. The van der Waals surface area contributed by atoms with Crippen LogP contribution in [0, 0.1) is 5.82 Å². The van der Waals surface area contributed by atoms with Gasteiger partial charge in [-0.3, -0.25) is 0 Å². The fourth-order valence-corrected chi connectivity index (χ4v) is 3.37. The van der Waals surface area contributed by atoms with E-state index in [2.05, 4.69) is 15.9 Å². The first-order valence-electron chi connectivity index (χ1n) is 5.99. The Balaban J connectivity index is 2.52. The van der Waals surface area contributed by atoms with Crippen LogP contribution >= 0.6 is 39.1 Å². The minimum atomic E-state index is -0.574. The summed E-state index contributed by atoms with van der Waals surface area (Å²) < 4.78 is 24.4. The van der Waals surface area contributed by atoms with Crippen molar-refractivity contribution in [2.24, 2.45) is 0 Å². The molecule has 0 amide bonds. The molecule has 0 aliphatic heterocycles. The summed E-state index contributed by atoms with van der Waals surface area (Å²) in [6, 6.07) is 7.68. The molecule has 2 rings (SSSR count). The van der Waals surface area contributed by atoms with Crippen molar-refractivity contribution in [3.8, 4) is 11.5 Å². The number of rotatable bonds is 4. The Morgan fingerprint density at radius 2 is 1.76 bits per heavy atom. The fraction of sp³-hybridized carbons (Fsp3) is 0.200. The molecule has 0 bridgehead atoms. The summed E-state index contributed by atoms with van der Waals surface area (Å²) in [5, 5.41) is -0.306. The van der Waals surface area contributed by atoms with Crippen LogP contribution in [0.15, 0.2) is 34.8 Å². The van der Waals surface area contributed by atoms with Crippen LogP contribution in [-0.4, -0.2) is 14.2 Å². The van der Waals surface area contributed by atoms with Crippen molar-refractivity contribution in [1.82, 2.24) is 0 Å². The molecule has 2 nitrogen and oxygen atoms in total. The second-order valence-electron chi connectivity index (χ2n) is 4.23. The van der Waals surface area contributed by atoms with E-state index in [1.165, 1.54) is 12.1 Å². The van der Waals surface area contributed by atoms with Crippen LogP contribution in [0.4, 0.5) is 4.39 Å². The smallest absolute Gasteiger partial charge is 0.141 e. The second-order valence-corrected chi connectivity index (χ2v) is 5.87. The molecule has 112 valence electrons. The Labute approximate surface area is 140 Å². The van der Waals surface area contributed by atoms with Crippen LogP contribution in [0.25, 0.3) is 0 Å². The summed E-state index contributed by atoms with van der Waals surface area (Å²) in [4.78, 5) is 0. The lowest BCUT2D eigenvalue weighted by Gasteiger charge is -2.18. The monoisotopic (exact) mass is 392 g/mol. The van der Waals surface area contributed by atoms with Gasteiger partial charge in [-0.15, -0.1) is 11.6 Å². The molecule has 0 aliphatic carbocycles. The van der Waals surface area contributed by atoms with Gasteiger partial charge in [-0.2, -0.15) is 0 Å². The van der Waals surface area contributed by atoms with Crippen molar-refractivity contribution in [3.05, 3.63) is 56.8 Å². The molecule has 0 saturated carbocycles. The van der Waals surface area contributed by atoms with Crippen molar-refractivity contribution in [3.63, 3.8) is 0 Å². The van der Waals surface area contributed by atoms with Crippen molar-refractivity contribution in [2.45, 2.75) is 5.38 Å². The Morgan fingerprint density at radius 3 is 2.33 bits per heavy atom. The summed E-state index contributed by atoms with van der Waals surface area (Å²) in [6.45, 7) is 0. The van der Waals surface area contributed by atoms with Gasteiger partial charge in [0.15, 0.2) is 0 Å². The van der Waals surface area contributed by atoms with E-state index in [1.807, 2.05) is 0 Å². The molecule has 0 radical (unpaired) electrons. The number of ether oxygens (including phenoxy) is 2. The van der Waals surface area contributed by atoms with Gasteiger partial charge < -0.3 is 9.47 Å². The normalized spacial score (nSPS) is 12.1. The first-order chi connectivity index (χ1) is 9.99. The maximum Gasteiger partial charge on any atom is 0.141 e.